The van der Waals surface area contributed by atoms with Crippen LogP contribution in [0.15, 0.2) is 22.7 Å². The van der Waals surface area contributed by atoms with Crippen LogP contribution in [0.4, 0.5) is 18.9 Å². The van der Waals surface area contributed by atoms with Crippen molar-refractivity contribution in [3.05, 3.63) is 29.6 Å². The lowest BCUT2D eigenvalue weighted by Gasteiger charge is -2.08. The lowest BCUT2D eigenvalue weighted by molar-refractivity contribution is -0.137. The highest BCUT2D eigenvalue weighted by molar-refractivity contribution is 5.71. The van der Waals surface area contributed by atoms with Crippen molar-refractivity contribution in [2.75, 3.05) is 5.73 Å². The number of nitrogens with zero attached hydrogens (tertiary/aromatic N) is 2. The van der Waals surface area contributed by atoms with E-state index in [-0.39, 0.29) is 11.6 Å². The lowest BCUT2D eigenvalue weighted by atomic mass is 10.1. The molecule has 0 bridgehead atoms. The average molecular weight is 283 g/mol. The molecule has 0 radical (unpaired) electrons. The number of anilines is 1. The maximum Gasteiger partial charge on any atom is 0.416 e. The van der Waals surface area contributed by atoms with Crippen molar-refractivity contribution >= 4 is 5.69 Å². The van der Waals surface area contributed by atoms with Gasteiger partial charge in [-0.2, -0.15) is 18.2 Å². The van der Waals surface area contributed by atoms with Gasteiger partial charge >= 0.3 is 6.18 Å². The summed E-state index contributed by atoms with van der Waals surface area (Å²) in [5.74, 6) is 1.33. The number of rotatable bonds is 3. The van der Waals surface area contributed by atoms with Crippen LogP contribution in [-0.2, 0) is 12.6 Å². The minimum atomic E-state index is -4.42. The van der Waals surface area contributed by atoms with E-state index in [0.717, 1.165) is 31.4 Å². The highest BCUT2D eigenvalue weighted by Crippen LogP contribution is 2.35. The zero-order valence-corrected chi connectivity index (χ0v) is 10.4. The zero-order valence-electron chi connectivity index (χ0n) is 10.4. The van der Waals surface area contributed by atoms with Gasteiger partial charge in [-0.15, -0.1) is 0 Å². The van der Waals surface area contributed by atoms with E-state index >= 15 is 0 Å². The van der Waals surface area contributed by atoms with Crippen LogP contribution in [-0.4, -0.2) is 10.1 Å². The van der Waals surface area contributed by atoms with E-state index in [1.807, 2.05) is 0 Å². The number of hydrogen-bond acceptors (Lipinski definition) is 4. The number of hydrogen-bond donors (Lipinski definition) is 1. The molecule has 2 N–H and O–H groups in total. The Morgan fingerprint density at radius 2 is 2.05 bits per heavy atom. The molecule has 1 aromatic carbocycles. The van der Waals surface area contributed by atoms with E-state index < -0.39 is 11.7 Å². The van der Waals surface area contributed by atoms with Gasteiger partial charge in [-0.1, -0.05) is 5.16 Å². The van der Waals surface area contributed by atoms with Crippen LogP contribution in [0.1, 0.15) is 24.2 Å². The van der Waals surface area contributed by atoms with Gasteiger partial charge in [0.1, 0.15) is 0 Å². The molecule has 1 heterocycles. The lowest BCUT2D eigenvalue weighted by Crippen LogP contribution is -2.06. The van der Waals surface area contributed by atoms with E-state index in [1.54, 1.807) is 0 Å². The standard InChI is InChI=1S/C13H12F3N3O/c14-13(15,16)8-3-4-9(10(17)6-8)12-18-11(19-20-12)5-7-1-2-7/h3-4,6-7H,1-2,5,17H2. The minimum absolute atomic E-state index is 0.0264. The monoisotopic (exact) mass is 283 g/mol. The van der Waals surface area contributed by atoms with Crippen molar-refractivity contribution in [2.45, 2.75) is 25.4 Å². The van der Waals surface area contributed by atoms with Gasteiger partial charge in [0.2, 0.25) is 0 Å². The summed E-state index contributed by atoms with van der Waals surface area (Å²) in [5, 5.41) is 3.82. The largest absolute Gasteiger partial charge is 0.416 e. The average Bonchev–Trinajstić information content (AvgIpc) is 3.05. The van der Waals surface area contributed by atoms with Gasteiger partial charge in [0, 0.05) is 12.1 Å². The third-order valence-corrected chi connectivity index (χ3v) is 3.25. The third-order valence-electron chi connectivity index (χ3n) is 3.25. The number of aromatic nitrogens is 2. The Morgan fingerprint density at radius 3 is 2.65 bits per heavy atom. The molecular weight excluding hydrogens is 271 g/mol. The maximum absolute atomic E-state index is 12.5. The summed E-state index contributed by atoms with van der Waals surface area (Å²) in [4.78, 5) is 4.17. The molecule has 20 heavy (non-hydrogen) atoms. The van der Waals surface area contributed by atoms with E-state index in [9.17, 15) is 13.2 Å². The Labute approximate surface area is 112 Å². The summed E-state index contributed by atoms with van der Waals surface area (Å²) in [6, 6.07) is 3.09. The van der Waals surface area contributed by atoms with Gasteiger partial charge in [0.15, 0.2) is 5.82 Å². The van der Waals surface area contributed by atoms with Crippen LogP contribution in [0.25, 0.3) is 11.5 Å². The second-order valence-electron chi connectivity index (χ2n) is 4.96. The van der Waals surface area contributed by atoms with Crippen LogP contribution < -0.4 is 5.73 Å². The molecule has 7 heteroatoms. The molecule has 1 aliphatic rings. The molecule has 1 saturated carbocycles. The second-order valence-corrected chi connectivity index (χ2v) is 4.96. The topological polar surface area (TPSA) is 64.9 Å². The SMILES string of the molecule is Nc1cc(C(F)(F)F)ccc1-c1nc(CC2CC2)no1. The van der Waals surface area contributed by atoms with E-state index in [0.29, 0.717) is 17.3 Å². The minimum Gasteiger partial charge on any atom is -0.398 e. The Kier molecular flexibility index (Phi) is 2.92. The van der Waals surface area contributed by atoms with Crippen molar-refractivity contribution in [1.82, 2.24) is 10.1 Å². The number of nitrogens with two attached hydrogens (primary N) is 1. The number of halogens is 3. The molecule has 1 fully saturated rings. The predicted molar refractivity (Wildman–Crippen MR) is 65.6 cm³/mol. The van der Waals surface area contributed by atoms with Crippen molar-refractivity contribution in [3.8, 4) is 11.5 Å². The smallest absolute Gasteiger partial charge is 0.398 e. The Hall–Kier alpha value is -2.05. The van der Waals surface area contributed by atoms with Crippen LogP contribution in [0.3, 0.4) is 0 Å². The molecule has 3 rings (SSSR count). The van der Waals surface area contributed by atoms with Gasteiger partial charge in [-0.3, -0.25) is 0 Å². The van der Waals surface area contributed by atoms with Crippen molar-refractivity contribution in [1.29, 1.82) is 0 Å². The quantitative estimate of drug-likeness (QED) is 0.878. The third kappa shape index (κ3) is 2.61. The normalized spacial score (nSPS) is 15.6. The fourth-order valence-corrected chi connectivity index (χ4v) is 1.96. The van der Waals surface area contributed by atoms with Gasteiger partial charge < -0.3 is 10.3 Å². The van der Waals surface area contributed by atoms with Crippen LogP contribution in [0, 0.1) is 5.92 Å². The first-order chi connectivity index (χ1) is 9.43. The second kappa shape index (κ2) is 4.50. The van der Waals surface area contributed by atoms with E-state index in [2.05, 4.69) is 10.1 Å². The summed E-state index contributed by atoms with van der Waals surface area (Å²) < 4.78 is 42.7. The molecule has 0 spiro atoms. The highest BCUT2D eigenvalue weighted by atomic mass is 19.4. The molecule has 0 saturated heterocycles. The number of alkyl halides is 3. The van der Waals surface area contributed by atoms with Gasteiger partial charge in [-0.05, 0) is 37.0 Å². The first-order valence-electron chi connectivity index (χ1n) is 6.23. The first kappa shape index (κ1) is 13.0. The molecule has 1 aromatic heterocycles. The van der Waals surface area contributed by atoms with Crippen molar-refractivity contribution in [3.63, 3.8) is 0 Å². The summed E-state index contributed by atoms with van der Waals surface area (Å²) in [6.45, 7) is 0. The molecule has 1 aliphatic carbocycles. The summed E-state index contributed by atoms with van der Waals surface area (Å²) in [6.07, 6.45) is -1.36. The number of nitrogen functional groups attached to an aromatic ring is 1. The fourth-order valence-electron chi connectivity index (χ4n) is 1.96. The maximum atomic E-state index is 12.5. The van der Waals surface area contributed by atoms with Crippen LogP contribution in [0.5, 0.6) is 0 Å². The summed E-state index contributed by atoms with van der Waals surface area (Å²) >= 11 is 0. The Balaban J connectivity index is 1.87. The zero-order chi connectivity index (χ0) is 14.3. The van der Waals surface area contributed by atoms with Crippen LogP contribution >= 0.6 is 0 Å². The van der Waals surface area contributed by atoms with E-state index in [4.69, 9.17) is 10.3 Å². The molecule has 106 valence electrons. The van der Waals surface area contributed by atoms with Crippen LogP contribution in [0.2, 0.25) is 0 Å². The molecular formula is C13H12F3N3O. The molecule has 0 unspecified atom stereocenters. The molecule has 0 aliphatic heterocycles. The molecule has 0 amide bonds. The molecule has 0 atom stereocenters. The van der Waals surface area contributed by atoms with Crippen molar-refractivity contribution < 1.29 is 17.7 Å². The van der Waals surface area contributed by atoms with Gasteiger partial charge in [0.25, 0.3) is 5.89 Å². The molecule has 2 aromatic rings. The molecule has 4 nitrogen and oxygen atoms in total. The summed E-state index contributed by atoms with van der Waals surface area (Å²) in [7, 11) is 0. The highest BCUT2D eigenvalue weighted by Gasteiger charge is 2.31. The fraction of sp³-hybridized carbons (Fsp3) is 0.385. The summed E-state index contributed by atoms with van der Waals surface area (Å²) in [5.41, 5.74) is 5.15. The Morgan fingerprint density at radius 1 is 1.30 bits per heavy atom. The number of benzene rings is 1. The van der Waals surface area contributed by atoms with E-state index in [1.165, 1.54) is 6.07 Å². The Bertz CT molecular complexity index is 632. The van der Waals surface area contributed by atoms with Crippen molar-refractivity contribution in [2.24, 2.45) is 5.92 Å². The first-order valence-corrected chi connectivity index (χ1v) is 6.23. The predicted octanol–water partition coefficient (Wildman–Crippen LogP) is 3.29. The van der Waals surface area contributed by atoms with Gasteiger partial charge in [-0.25, -0.2) is 0 Å². The van der Waals surface area contributed by atoms with Gasteiger partial charge in [0.05, 0.1) is 11.1 Å².